The highest BCUT2D eigenvalue weighted by Crippen LogP contribution is 2.68. The lowest BCUT2D eigenvalue weighted by molar-refractivity contribution is -0.153. The first-order valence-electron chi connectivity index (χ1n) is 10.4. The minimum Gasteiger partial charge on any atom is -0.369 e. The molecule has 4 rings (SSSR count). The van der Waals surface area contributed by atoms with E-state index < -0.39 is 11.0 Å². The number of fused-ring (bicyclic) bond motifs is 5. The van der Waals surface area contributed by atoms with Gasteiger partial charge in [-0.15, -0.1) is 0 Å². The van der Waals surface area contributed by atoms with Crippen LogP contribution in [0.3, 0.4) is 0 Å². The molecule has 3 saturated carbocycles. The molecule has 4 aliphatic rings. The van der Waals surface area contributed by atoms with Gasteiger partial charge in [0.05, 0.1) is 0 Å². The van der Waals surface area contributed by atoms with Crippen molar-refractivity contribution in [2.24, 2.45) is 39.9 Å². The third-order valence-electron chi connectivity index (χ3n) is 9.36. The molecule has 142 valence electrons. The predicted molar refractivity (Wildman–Crippen MR) is 101 cm³/mol. The summed E-state index contributed by atoms with van der Waals surface area (Å²) in [7, 11) is 0. The zero-order valence-corrected chi connectivity index (χ0v) is 16.9. The Morgan fingerprint density at radius 2 is 1.85 bits per heavy atom. The third-order valence-corrected chi connectivity index (χ3v) is 9.36. The van der Waals surface area contributed by atoms with Gasteiger partial charge in [-0.25, -0.2) is 0 Å². The molecule has 0 saturated heterocycles. The number of nitriles is 1. The van der Waals surface area contributed by atoms with Crippen LogP contribution in [0.4, 0.5) is 0 Å². The Balaban J connectivity index is 1.80. The number of allylic oxidation sites excluding steroid dienone is 2. The van der Waals surface area contributed by atoms with Crippen LogP contribution in [0.15, 0.2) is 11.6 Å². The highest BCUT2D eigenvalue weighted by atomic mass is 16.3. The third kappa shape index (κ3) is 2.00. The monoisotopic (exact) mass is 355 g/mol. The summed E-state index contributed by atoms with van der Waals surface area (Å²) in [5, 5.41) is 20.6. The highest BCUT2D eigenvalue weighted by Gasteiger charge is 2.65. The van der Waals surface area contributed by atoms with Crippen LogP contribution in [-0.2, 0) is 4.79 Å². The van der Waals surface area contributed by atoms with Gasteiger partial charge < -0.3 is 5.11 Å². The Morgan fingerprint density at radius 3 is 2.50 bits per heavy atom. The molecule has 26 heavy (non-hydrogen) atoms. The number of rotatable bonds is 0. The van der Waals surface area contributed by atoms with Gasteiger partial charge in [-0.2, -0.15) is 5.26 Å². The first-order chi connectivity index (χ1) is 12.0. The summed E-state index contributed by atoms with van der Waals surface area (Å²) in [5.74, 6) is 2.30. The van der Waals surface area contributed by atoms with Gasteiger partial charge in [0.15, 0.2) is 5.78 Å². The van der Waals surface area contributed by atoms with Crippen LogP contribution in [0, 0.1) is 51.2 Å². The molecule has 1 N–H and O–H groups in total. The summed E-state index contributed by atoms with van der Waals surface area (Å²) in [5.41, 5.74) is -1.23. The Morgan fingerprint density at radius 1 is 1.15 bits per heavy atom. The molecule has 0 radical (unpaired) electrons. The van der Waals surface area contributed by atoms with Gasteiger partial charge in [0, 0.05) is 11.8 Å². The lowest BCUT2D eigenvalue weighted by Gasteiger charge is -2.61. The molecule has 0 bridgehead atoms. The Labute approximate surface area is 157 Å². The number of nitrogens with zero attached hydrogens (tertiary/aromatic N) is 1. The lowest BCUT2D eigenvalue weighted by Crippen LogP contribution is -2.61. The van der Waals surface area contributed by atoms with Crippen molar-refractivity contribution < 1.29 is 9.90 Å². The van der Waals surface area contributed by atoms with Crippen LogP contribution >= 0.6 is 0 Å². The number of hydrogen-bond acceptors (Lipinski definition) is 3. The fourth-order valence-corrected chi connectivity index (χ4v) is 7.89. The van der Waals surface area contributed by atoms with E-state index in [0.29, 0.717) is 17.3 Å². The second-order valence-corrected chi connectivity index (χ2v) is 10.8. The fraction of sp³-hybridized carbons (Fsp3) is 0.826. The van der Waals surface area contributed by atoms with Gasteiger partial charge in [0.25, 0.3) is 0 Å². The van der Waals surface area contributed by atoms with Gasteiger partial charge in [0.1, 0.15) is 6.07 Å². The minimum atomic E-state index is -1.85. The normalized spacial score (nSPS) is 52.3. The number of carbonyl (C=O) groups is 1. The van der Waals surface area contributed by atoms with Crippen molar-refractivity contribution in [1.29, 1.82) is 5.26 Å². The maximum atomic E-state index is 12.9. The van der Waals surface area contributed by atoms with E-state index in [1.54, 1.807) is 0 Å². The largest absolute Gasteiger partial charge is 0.369 e. The summed E-state index contributed by atoms with van der Waals surface area (Å²) < 4.78 is 0. The van der Waals surface area contributed by atoms with Gasteiger partial charge in [0.2, 0.25) is 5.60 Å². The highest BCUT2D eigenvalue weighted by molar-refractivity contribution is 5.98. The molecule has 4 aliphatic carbocycles. The average Bonchev–Trinajstić information content (AvgIpc) is 2.88. The quantitative estimate of drug-likeness (QED) is 0.508. The summed E-state index contributed by atoms with van der Waals surface area (Å²) in [4.78, 5) is 12.9. The molecular weight excluding hydrogens is 322 g/mol. The number of hydrogen-bond donors (Lipinski definition) is 1. The predicted octanol–water partition coefficient (Wildman–Crippen LogP) is 4.66. The van der Waals surface area contributed by atoms with E-state index in [2.05, 4.69) is 26.8 Å². The van der Waals surface area contributed by atoms with Crippen LogP contribution in [0.5, 0.6) is 0 Å². The zero-order valence-electron chi connectivity index (χ0n) is 16.9. The summed E-state index contributed by atoms with van der Waals surface area (Å²) in [6, 6.07) is 1.98. The van der Waals surface area contributed by atoms with Crippen molar-refractivity contribution in [3.8, 4) is 6.07 Å². The zero-order chi connectivity index (χ0) is 19.1. The topological polar surface area (TPSA) is 61.1 Å². The Kier molecular flexibility index (Phi) is 3.66. The van der Waals surface area contributed by atoms with E-state index in [-0.39, 0.29) is 17.6 Å². The van der Waals surface area contributed by atoms with Crippen molar-refractivity contribution in [1.82, 2.24) is 0 Å². The molecule has 0 aliphatic heterocycles. The average molecular weight is 356 g/mol. The van der Waals surface area contributed by atoms with E-state index >= 15 is 0 Å². The smallest absolute Gasteiger partial charge is 0.211 e. The molecule has 2 unspecified atom stereocenters. The Hall–Kier alpha value is -1.14. The molecule has 0 aromatic heterocycles. The first-order valence-corrected chi connectivity index (χ1v) is 10.4. The van der Waals surface area contributed by atoms with Crippen molar-refractivity contribution >= 4 is 5.78 Å². The van der Waals surface area contributed by atoms with E-state index in [1.165, 1.54) is 24.8 Å². The summed E-state index contributed by atoms with van der Waals surface area (Å²) in [6.07, 6.45) is 8.68. The maximum absolute atomic E-state index is 12.9. The molecule has 0 amide bonds. The molecule has 0 aromatic carbocycles. The molecule has 3 nitrogen and oxygen atoms in total. The van der Waals surface area contributed by atoms with E-state index in [9.17, 15) is 15.2 Å². The van der Waals surface area contributed by atoms with Crippen LogP contribution in [0.25, 0.3) is 0 Å². The van der Waals surface area contributed by atoms with Crippen LogP contribution in [0.2, 0.25) is 0 Å². The number of aliphatic hydroxyl groups is 1. The van der Waals surface area contributed by atoms with Crippen LogP contribution in [0.1, 0.15) is 73.1 Å². The van der Waals surface area contributed by atoms with Crippen molar-refractivity contribution in [2.75, 3.05) is 0 Å². The van der Waals surface area contributed by atoms with Crippen molar-refractivity contribution in [3.63, 3.8) is 0 Å². The van der Waals surface area contributed by atoms with E-state index in [4.69, 9.17) is 0 Å². The molecule has 3 fully saturated rings. The van der Waals surface area contributed by atoms with Crippen LogP contribution in [-0.4, -0.2) is 16.5 Å². The van der Waals surface area contributed by atoms with Crippen LogP contribution < -0.4 is 0 Å². The SMILES string of the molecule is CC1CC[C@H]2[C@@H]3CC=C4C(C)(C)C(=O)C(O)(C#N)C[C@]4(C)[C@@H]3CC[C@]12C. The number of ketones is 1. The van der Waals surface area contributed by atoms with Gasteiger partial charge >= 0.3 is 0 Å². The van der Waals surface area contributed by atoms with Crippen molar-refractivity contribution in [2.45, 2.75) is 78.7 Å². The van der Waals surface area contributed by atoms with Gasteiger partial charge in [-0.1, -0.05) is 32.4 Å². The second kappa shape index (κ2) is 5.22. The maximum Gasteiger partial charge on any atom is 0.211 e. The molecule has 0 heterocycles. The number of Topliss-reactive ketones (excluding diaryl/α,β-unsaturated/α-hetero) is 1. The lowest BCUT2D eigenvalue weighted by atomic mass is 9.43. The molecule has 0 aromatic rings. The molecular formula is C23H33NO2. The van der Waals surface area contributed by atoms with E-state index in [1.807, 2.05) is 19.9 Å². The Bertz CT molecular complexity index is 731. The number of carbonyl (C=O) groups excluding carboxylic acids is 1. The summed E-state index contributed by atoms with van der Waals surface area (Å²) >= 11 is 0. The molecule has 3 heteroatoms. The van der Waals surface area contributed by atoms with Gasteiger partial charge in [-0.3, -0.25) is 4.79 Å². The second-order valence-electron chi connectivity index (χ2n) is 10.8. The van der Waals surface area contributed by atoms with Crippen molar-refractivity contribution in [3.05, 3.63) is 11.6 Å². The molecule has 7 atom stereocenters. The molecule has 0 spiro atoms. The van der Waals surface area contributed by atoms with Gasteiger partial charge in [-0.05, 0) is 80.5 Å². The fourth-order valence-electron chi connectivity index (χ4n) is 7.89. The minimum absolute atomic E-state index is 0.252. The standard InChI is InChI=1S/C23H33NO2/c1-14-6-8-16-15-7-9-18-20(2,3)19(25)23(26,13-24)12-22(18,5)17(15)10-11-21(14,16)4/h9,14-17,26H,6-8,10-12H2,1-5H3/t14?,15-,16-,17+,21+,22+,23?/m0/s1. The van der Waals surface area contributed by atoms with E-state index in [0.717, 1.165) is 24.7 Å². The summed E-state index contributed by atoms with van der Waals surface area (Å²) in [6.45, 7) is 11.0. The first kappa shape index (κ1) is 18.2.